The number of nitrogens with one attached hydrogen (secondary N) is 1. The topological polar surface area (TPSA) is 85.3 Å². The summed E-state index contributed by atoms with van der Waals surface area (Å²) < 4.78 is 9.14. The fraction of sp³-hybridized carbons (Fsp3) is 0.542. The molecule has 32 heavy (non-hydrogen) atoms. The third kappa shape index (κ3) is 4.37. The van der Waals surface area contributed by atoms with E-state index < -0.39 is 0 Å². The molecule has 0 spiro atoms. The Balaban J connectivity index is 1.40. The molecule has 1 unspecified atom stereocenters. The highest BCUT2D eigenvalue weighted by atomic mass is 16.3. The molecule has 1 N–H and O–H groups in total. The molecular formula is C24H33N5O3. The van der Waals surface area contributed by atoms with E-state index in [4.69, 9.17) is 4.42 Å². The van der Waals surface area contributed by atoms with Crippen molar-refractivity contribution in [2.24, 2.45) is 0 Å². The molecule has 8 nitrogen and oxygen atoms in total. The fourth-order valence-electron chi connectivity index (χ4n) is 4.58. The maximum Gasteiger partial charge on any atom is 0.345 e. The molecule has 172 valence electrons. The maximum atomic E-state index is 12.8. The normalized spacial score (nSPS) is 16.4. The minimum atomic E-state index is -0.0557. The average molecular weight is 440 g/mol. The van der Waals surface area contributed by atoms with Crippen molar-refractivity contribution in [3.8, 4) is 0 Å². The van der Waals surface area contributed by atoms with Crippen molar-refractivity contribution in [1.82, 2.24) is 24.6 Å². The summed E-state index contributed by atoms with van der Waals surface area (Å²) >= 11 is 0. The van der Waals surface area contributed by atoms with Crippen LogP contribution in [0.5, 0.6) is 0 Å². The Hall–Kier alpha value is -2.87. The largest absolute Gasteiger partial charge is 0.464 e. The van der Waals surface area contributed by atoms with E-state index in [0.29, 0.717) is 19.5 Å². The Morgan fingerprint density at radius 2 is 2.03 bits per heavy atom. The molecule has 1 amide bonds. The second kappa shape index (κ2) is 8.94. The predicted molar refractivity (Wildman–Crippen MR) is 124 cm³/mol. The van der Waals surface area contributed by atoms with E-state index >= 15 is 0 Å². The summed E-state index contributed by atoms with van der Waals surface area (Å²) in [5, 5.41) is 8.74. The number of likely N-dealkylation sites (N-methyl/N-ethyl adjacent to an activating group) is 1. The van der Waals surface area contributed by atoms with Gasteiger partial charge in [-0.3, -0.25) is 9.36 Å². The minimum absolute atomic E-state index is 0.0155. The SMILES string of the molecule is Cc1cc(C)c2c(CC(=O)NC3CCc4nn(CCN(C)C)c(=O)n4CC3)coc2c1C. The molecule has 1 aliphatic heterocycles. The Kier molecular flexibility index (Phi) is 6.24. The van der Waals surface area contributed by atoms with Crippen LogP contribution in [0.1, 0.15) is 40.9 Å². The number of carbonyl (C=O) groups excluding carboxylic acids is 1. The highest BCUT2D eigenvalue weighted by Crippen LogP contribution is 2.30. The van der Waals surface area contributed by atoms with Gasteiger partial charge >= 0.3 is 5.69 Å². The van der Waals surface area contributed by atoms with Crippen LogP contribution in [-0.2, 0) is 30.7 Å². The van der Waals surface area contributed by atoms with E-state index in [0.717, 1.165) is 52.9 Å². The lowest BCUT2D eigenvalue weighted by atomic mass is 9.98. The van der Waals surface area contributed by atoms with E-state index in [1.54, 1.807) is 15.5 Å². The molecule has 0 bridgehead atoms. The van der Waals surface area contributed by atoms with Crippen LogP contribution < -0.4 is 11.0 Å². The van der Waals surface area contributed by atoms with Gasteiger partial charge < -0.3 is 14.6 Å². The number of nitrogens with zero attached hydrogens (tertiary/aromatic N) is 4. The molecule has 3 aromatic rings. The molecule has 0 aliphatic carbocycles. The number of furan rings is 1. The zero-order valence-corrected chi connectivity index (χ0v) is 19.7. The van der Waals surface area contributed by atoms with Crippen LogP contribution in [0.3, 0.4) is 0 Å². The van der Waals surface area contributed by atoms with Crippen LogP contribution in [-0.4, -0.2) is 51.8 Å². The molecule has 3 heterocycles. The average Bonchev–Trinajstić information content (AvgIpc) is 3.21. The number of benzene rings is 1. The number of rotatable bonds is 6. The van der Waals surface area contributed by atoms with Gasteiger partial charge in [0, 0.05) is 36.5 Å². The number of hydrogen-bond donors (Lipinski definition) is 1. The first-order chi connectivity index (χ1) is 15.2. The van der Waals surface area contributed by atoms with Crippen LogP contribution in [0.4, 0.5) is 0 Å². The van der Waals surface area contributed by atoms with Crippen molar-refractivity contribution in [2.45, 2.75) is 65.6 Å². The van der Waals surface area contributed by atoms with E-state index in [-0.39, 0.29) is 24.1 Å². The molecule has 0 fully saturated rings. The van der Waals surface area contributed by atoms with Gasteiger partial charge in [-0.2, -0.15) is 5.10 Å². The molecule has 0 radical (unpaired) electrons. The summed E-state index contributed by atoms with van der Waals surface area (Å²) in [6.07, 6.45) is 4.18. The second-order valence-corrected chi connectivity index (χ2v) is 9.25. The Morgan fingerprint density at radius 1 is 1.25 bits per heavy atom. The number of carbonyl (C=O) groups is 1. The van der Waals surface area contributed by atoms with Crippen LogP contribution >= 0.6 is 0 Å². The third-order valence-electron chi connectivity index (χ3n) is 6.52. The van der Waals surface area contributed by atoms with Gasteiger partial charge in [-0.25, -0.2) is 9.48 Å². The highest BCUT2D eigenvalue weighted by molar-refractivity contribution is 5.92. The Labute approximate surface area is 188 Å². The van der Waals surface area contributed by atoms with E-state index in [9.17, 15) is 9.59 Å². The second-order valence-electron chi connectivity index (χ2n) is 9.25. The zero-order chi connectivity index (χ0) is 23.0. The summed E-state index contributed by atoms with van der Waals surface area (Å²) in [5.41, 5.74) is 5.17. The van der Waals surface area contributed by atoms with Crippen LogP contribution in [0.25, 0.3) is 11.0 Å². The predicted octanol–water partition coefficient (Wildman–Crippen LogP) is 2.34. The van der Waals surface area contributed by atoms with Gasteiger partial charge in [0.1, 0.15) is 11.4 Å². The molecule has 0 saturated heterocycles. The standard InChI is InChI=1S/C24H33N5O3/c1-15-12-16(2)22-18(14-32-23(22)17(15)3)13-21(30)25-19-6-7-20-26-29(11-10-27(4)5)24(31)28(20)9-8-19/h12,14,19H,6-11,13H2,1-5H3,(H,25,30). The van der Waals surface area contributed by atoms with Crippen LogP contribution in [0, 0.1) is 20.8 Å². The van der Waals surface area contributed by atoms with Crippen molar-refractivity contribution >= 4 is 16.9 Å². The van der Waals surface area contributed by atoms with Crippen molar-refractivity contribution < 1.29 is 9.21 Å². The first-order valence-electron chi connectivity index (χ1n) is 11.3. The first-order valence-corrected chi connectivity index (χ1v) is 11.3. The quantitative estimate of drug-likeness (QED) is 0.637. The number of aryl methyl sites for hydroxylation is 4. The molecule has 2 aromatic heterocycles. The minimum Gasteiger partial charge on any atom is -0.464 e. The van der Waals surface area contributed by atoms with Gasteiger partial charge in [0.15, 0.2) is 0 Å². The Bertz CT molecular complexity index is 1200. The Morgan fingerprint density at radius 3 is 2.78 bits per heavy atom. The lowest BCUT2D eigenvalue weighted by Gasteiger charge is -2.16. The van der Waals surface area contributed by atoms with Gasteiger partial charge in [0.25, 0.3) is 0 Å². The lowest BCUT2D eigenvalue weighted by molar-refractivity contribution is -0.121. The summed E-state index contributed by atoms with van der Waals surface area (Å²) in [7, 11) is 3.96. The van der Waals surface area contributed by atoms with Gasteiger partial charge in [-0.15, -0.1) is 0 Å². The van der Waals surface area contributed by atoms with E-state index in [1.165, 1.54) is 5.56 Å². The summed E-state index contributed by atoms with van der Waals surface area (Å²) in [6.45, 7) is 8.12. The first kappa shape index (κ1) is 22.3. The van der Waals surface area contributed by atoms with Gasteiger partial charge in [-0.1, -0.05) is 6.07 Å². The molecule has 0 saturated carbocycles. The lowest BCUT2D eigenvalue weighted by Crippen LogP contribution is -2.36. The van der Waals surface area contributed by atoms with E-state index in [1.807, 2.05) is 25.9 Å². The van der Waals surface area contributed by atoms with Gasteiger partial charge in [-0.05, 0) is 64.4 Å². The number of fused-ring (bicyclic) bond motifs is 2. The smallest absolute Gasteiger partial charge is 0.345 e. The van der Waals surface area contributed by atoms with Crippen molar-refractivity contribution in [2.75, 3.05) is 20.6 Å². The molecule has 1 atom stereocenters. The van der Waals surface area contributed by atoms with E-state index in [2.05, 4.69) is 30.3 Å². The highest BCUT2D eigenvalue weighted by Gasteiger charge is 2.23. The third-order valence-corrected chi connectivity index (χ3v) is 6.52. The summed E-state index contributed by atoms with van der Waals surface area (Å²) in [4.78, 5) is 27.5. The number of amides is 1. The van der Waals surface area contributed by atoms with Crippen LogP contribution in [0.2, 0.25) is 0 Å². The molecule has 1 aliphatic rings. The molecule has 8 heteroatoms. The summed E-state index contributed by atoms with van der Waals surface area (Å²) in [6, 6.07) is 2.18. The number of aromatic nitrogens is 3. The van der Waals surface area contributed by atoms with Gasteiger partial charge in [0.05, 0.1) is 19.2 Å². The number of hydrogen-bond acceptors (Lipinski definition) is 5. The monoisotopic (exact) mass is 439 g/mol. The maximum absolute atomic E-state index is 12.8. The fourth-order valence-corrected chi connectivity index (χ4v) is 4.58. The molecular weight excluding hydrogens is 406 g/mol. The van der Waals surface area contributed by atoms with Crippen LogP contribution in [0.15, 0.2) is 21.5 Å². The van der Waals surface area contributed by atoms with Crippen molar-refractivity contribution in [3.05, 3.63) is 50.9 Å². The molecule has 4 rings (SSSR count). The van der Waals surface area contributed by atoms with Crippen molar-refractivity contribution in [3.63, 3.8) is 0 Å². The van der Waals surface area contributed by atoms with Gasteiger partial charge in [0.2, 0.25) is 5.91 Å². The zero-order valence-electron chi connectivity index (χ0n) is 19.7. The summed E-state index contributed by atoms with van der Waals surface area (Å²) in [5.74, 6) is 0.797. The molecule has 1 aromatic carbocycles. The van der Waals surface area contributed by atoms with Crippen molar-refractivity contribution in [1.29, 1.82) is 0 Å².